The molecule has 7 rings (SSSR count). The maximum atomic E-state index is 13.6. The van der Waals surface area contributed by atoms with E-state index in [9.17, 15) is 14.1 Å². The molecule has 2 fully saturated rings. The Morgan fingerprint density at radius 3 is 2.68 bits per heavy atom. The molecule has 41 heavy (non-hydrogen) atoms. The molecule has 8 heteroatoms. The first-order valence-electron chi connectivity index (χ1n) is 15.4. The number of benzene rings is 2. The van der Waals surface area contributed by atoms with Crippen molar-refractivity contribution in [2.24, 2.45) is 17.8 Å². The van der Waals surface area contributed by atoms with Gasteiger partial charge in [0.1, 0.15) is 5.75 Å². The maximum Gasteiger partial charge on any atom is 0.262 e. The number of nitrogens with zero attached hydrogens (tertiary/aromatic N) is 1. The van der Waals surface area contributed by atoms with Gasteiger partial charge in [0.05, 0.1) is 28.1 Å². The van der Waals surface area contributed by atoms with Gasteiger partial charge in [-0.05, 0) is 123 Å². The fraction of sp³-hybridized carbons (Fsp3) is 0.576. The second-order valence-electron chi connectivity index (χ2n) is 13.3. The Hall–Kier alpha value is -2.22. The van der Waals surface area contributed by atoms with Gasteiger partial charge in [-0.15, -0.1) is 0 Å². The van der Waals surface area contributed by atoms with Crippen LogP contribution in [0.3, 0.4) is 0 Å². The molecular formula is C33H41ClN2O4S. The second kappa shape index (κ2) is 10.5. The van der Waals surface area contributed by atoms with Crippen molar-refractivity contribution in [1.82, 2.24) is 4.72 Å². The van der Waals surface area contributed by atoms with E-state index >= 15 is 0 Å². The number of aliphatic hydroxyl groups is 1. The van der Waals surface area contributed by atoms with Crippen molar-refractivity contribution < 1.29 is 18.8 Å². The first-order chi connectivity index (χ1) is 19.7. The van der Waals surface area contributed by atoms with Crippen molar-refractivity contribution in [2.75, 3.05) is 24.6 Å². The number of halogens is 1. The van der Waals surface area contributed by atoms with Crippen molar-refractivity contribution in [3.05, 3.63) is 58.1 Å². The Bertz CT molecular complexity index is 1460. The third kappa shape index (κ3) is 4.96. The molecule has 7 atom stereocenters. The Balaban J connectivity index is 1.28. The summed E-state index contributed by atoms with van der Waals surface area (Å²) in [5.41, 5.74) is 3.79. The summed E-state index contributed by atoms with van der Waals surface area (Å²) in [6.07, 6.45) is 9.38. The van der Waals surface area contributed by atoms with Gasteiger partial charge in [0.25, 0.3) is 5.91 Å². The smallest absolute Gasteiger partial charge is 0.262 e. The van der Waals surface area contributed by atoms with Gasteiger partial charge in [0.15, 0.2) is 0 Å². The Morgan fingerprint density at radius 1 is 1.05 bits per heavy atom. The first-order valence-corrected chi connectivity index (χ1v) is 17.6. The van der Waals surface area contributed by atoms with Gasteiger partial charge in [-0.3, -0.25) is 9.52 Å². The molecule has 0 aromatic heterocycles. The van der Waals surface area contributed by atoms with E-state index in [0.717, 1.165) is 93.8 Å². The van der Waals surface area contributed by atoms with E-state index < -0.39 is 9.71 Å². The molecule has 5 aliphatic rings. The van der Waals surface area contributed by atoms with E-state index in [1.54, 1.807) is 6.07 Å². The lowest BCUT2D eigenvalue weighted by Gasteiger charge is -2.46. The van der Waals surface area contributed by atoms with Gasteiger partial charge in [-0.25, -0.2) is 4.21 Å². The molecular weight excluding hydrogens is 556 g/mol. The highest BCUT2D eigenvalue weighted by molar-refractivity contribution is 7.99. The monoisotopic (exact) mass is 596 g/mol. The number of rotatable bonds is 0. The van der Waals surface area contributed by atoms with E-state index in [0.29, 0.717) is 18.1 Å². The minimum absolute atomic E-state index is 0.103. The lowest BCUT2D eigenvalue weighted by molar-refractivity contribution is 0.00798. The highest BCUT2D eigenvalue weighted by atomic mass is 35.5. The number of hydrogen-bond donors (Lipinski definition) is 2. The molecule has 220 valence electrons. The minimum atomic E-state index is -2.79. The topological polar surface area (TPSA) is 78.9 Å². The van der Waals surface area contributed by atoms with Crippen LogP contribution in [0.15, 0.2) is 36.4 Å². The summed E-state index contributed by atoms with van der Waals surface area (Å²) in [6, 6.07) is 11.9. The third-order valence-corrected chi connectivity index (χ3v) is 13.3. The molecule has 0 saturated heterocycles. The summed E-state index contributed by atoms with van der Waals surface area (Å²) in [6.45, 7) is 2.14. The molecule has 1 unspecified atom stereocenters. The second-order valence-corrected chi connectivity index (χ2v) is 16.0. The molecule has 0 radical (unpaired) electrons. The number of carbonyl (C=O) groups excluding carboxylic acids is 1. The van der Waals surface area contributed by atoms with Crippen LogP contribution >= 0.6 is 11.6 Å². The van der Waals surface area contributed by atoms with Crippen molar-refractivity contribution in [2.45, 2.75) is 81.0 Å². The predicted octanol–water partition coefficient (Wildman–Crippen LogP) is 5.52. The number of aryl methyl sites for hydroxylation is 1. The quantitative estimate of drug-likeness (QED) is 0.391. The van der Waals surface area contributed by atoms with Crippen LogP contribution in [0.25, 0.3) is 0 Å². The highest BCUT2D eigenvalue weighted by Crippen LogP contribution is 2.47. The summed E-state index contributed by atoms with van der Waals surface area (Å²) in [5, 5.41) is 11.9. The fourth-order valence-electron chi connectivity index (χ4n) is 8.33. The highest BCUT2D eigenvalue weighted by Gasteiger charge is 2.45. The molecule has 2 heterocycles. The number of hydrogen-bond acceptors (Lipinski definition) is 5. The molecule has 2 aromatic carbocycles. The zero-order valence-corrected chi connectivity index (χ0v) is 25.2. The molecule has 6 nitrogen and oxygen atoms in total. The van der Waals surface area contributed by atoms with E-state index in [-0.39, 0.29) is 34.5 Å². The van der Waals surface area contributed by atoms with Crippen molar-refractivity contribution in [3.8, 4) is 5.75 Å². The van der Waals surface area contributed by atoms with Crippen LogP contribution in [0, 0.1) is 17.8 Å². The van der Waals surface area contributed by atoms with Crippen LogP contribution in [0.5, 0.6) is 5.75 Å². The predicted molar refractivity (Wildman–Crippen MR) is 166 cm³/mol. The molecule has 2 aromatic rings. The number of carbonyl (C=O) groups is 1. The first kappa shape index (κ1) is 27.6. The van der Waals surface area contributed by atoms with Gasteiger partial charge in [-0.1, -0.05) is 24.1 Å². The average molecular weight is 597 g/mol. The number of nitrogens with one attached hydrogen (secondary N) is 1. The third-order valence-electron chi connectivity index (χ3n) is 10.9. The molecule has 2 bridgehead atoms. The van der Waals surface area contributed by atoms with Gasteiger partial charge < -0.3 is 14.7 Å². The van der Waals surface area contributed by atoms with Crippen molar-refractivity contribution in [1.29, 1.82) is 0 Å². The van der Waals surface area contributed by atoms with E-state index in [1.807, 2.05) is 18.2 Å². The summed E-state index contributed by atoms with van der Waals surface area (Å²) in [5.74, 6) is 5.41. The van der Waals surface area contributed by atoms with Crippen LogP contribution in [-0.4, -0.2) is 52.1 Å². The van der Waals surface area contributed by atoms with Crippen LogP contribution in [0.4, 0.5) is 5.69 Å². The van der Waals surface area contributed by atoms with Crippen LogP contribution < -0.4 is 14.4 Å². The van der Waals surface area contributed by atoms with Crippen molar-refractivity contribution in [3.63, 3.8) is 0 Å². The maximum absolute atomic E-state index is 13.6. The lowest BCUT2D eigenvalue weighted by Crippen LogP contribution is -2.50. The van der Waals surface area contributed by atoms with Crippen LogP contribution in [0.1, 0.15) is 79.3 Å². The normalized spacial score (nSPS) is 36.8. The Morgan fingerprint density at radius 2 is 1.90 bits per heavy atom. The molecule has 1 spiro atoms. The van der Waals surface area contributed by atoms with Gasteiger partial charge in [0, 0.05) is 34.3 Å². The van der Waals surface area contributed by atoms with Gasteiger partial charge in [-0.2, -0.15) is 0 Å². The number of amides is 1. The Kier molecular flexibility index (Phi) is 7.07. The summed E-state index contributed by atoms with van der Waals surface area (Å²) >= 11 is 6.40. The molecule has 2 aliphatic heterocycles. The molecule has 3 aliphatic carbocycles. The van der Waals surface area contributed by atoms with E-state index in [1.165, 1.54) is 11.1 Å². The number of anilines is 1. The standard InChI is InChI=1S/C33H41ClN2O4S/c1-41(39)31-14-9-21(31)4-2-6-29(37)26-11-7-24(26)18-36-19-33(15-3-5-22-16-25(34)10-12-27(22)33)20-40-30-13-8-23(17-28(30)36)32(38)35-41/h8,10,12-13,16-17,21,24,26,29,31,37H,1-7,9,11,14-15,18-20H2,(H,35,38,39)/t21-,24-,26+,29-,31-,33-,41?/m0/s1. The molecule has 2 N–H and O–H groups in total. The van der Waals surface area contributed by atoms with E-state index in [2.05, 4.69) is 27.6 Å². The average Bonchev–Trinajstić information content (AvgIpc) is 3.04. The van der Waals surface area contributed by atoms with Gasteiger partial charge in [0.2, 0.25) is 0 Å². The SMILES string of the molecule is C=S1(=O)NC(=O)c2ccc3c(c2)N(C[C@@H]2CC[C@H]2[C@@H](O)CCC[C@H]2CC[C@@H]21)C[C@@]1(CCCc2cc(Cl)ccc21)CO3. The zero-order chi connectivity index (χ0) is 28.4. The van der Waals surface area contributed by atoms with Crippen LogP contribution in [0.2, 0.25) is 5.02 Å². The number of ether oxygens (including phenoxy) is 1. The minimum Gasteiger partial charge on any atom is -0.490 e. The number of fused-ring (bicyclic) bond motifs is 5. The lowest BCUT2D eigenvalue weighted by atomic mass is 9.68. The largest absolute Gasteiger partial charge is 0.490 e. The van der Waals surface area contributed by atoms with Crippen molar-refractivity contribution >= 4 is 38.8 Å². The Labute approximate surface area is 248 Å². The molecule has 2 saturated carbocycles. The summed E-state index contributed by atoms with van der Waals surface area (Å²) < 4.78 is 23.1. The summed E-state index contributed by atoms with van der Waals surface area (Å²) in [7, 11) is -2.79. The van der Waals surface area contributed by atoms with Crippen LogP contribution in [-0.2, 0) is 21.5 Å². The summed E-state index contributed by atoms with van der Waals surface area (Å²) in [4.78, 5) is 15.9. The molecule has 1 amide bonds. The zero-order valence-electron chi connectivity index (χ0n) is 23.7. The van der Waals surface area contributed by atoms with Gasteiger partial charge >= 0.3 is 0 Å². The fourth-order valence-corrected chi connectivity index (χ4v) is 10.5. The number of aliphatic hydroxyl groups excluding tert-OH is 1. The van der Waals surface area contributed by atoms with E-state index in [4.69, 9.17) is 16.3 Å².